The molecule has 0 aromatic heterocycles. The van der Waals surface area contributed by atoms with Crippen LogP contribution in [0, 0.1) is 0 Å². The Bertz CT molecular complexity index is 442. The number of hydrogen-bond acceptors (Lipinski definition) is 4. The lowest BCUT2D eigenvalue weighted by Gasteiger charge is -2.26. The van der Waals surface area contributed by atoms with Gasteiger partial charge in [0.05, 0.1) is 6.61 Å². The van der Waals surface area contributed by atoms with E-state index in [1.54, 1.807) is 7.11 Å². The summed E-state index contributed by atoms with van der Waals surface area (Å²) in [6.07, 6.45) is 1.19. The summed E-state index contributed by atoms with van der Waals surface area (Å²) in [5.74, 6) is 0. The molecule has 0 atom stereocenters. The van der Waals surface area contributed by atoms with Gasteiger partial charge in [-0.05, 0) is 37.7 Å². The summed E-state index contributed by atoms with van der Waals surface area (Å²) in [7, 11) is 3.91. The van der Waals surface area contributed by atoms with E-state index >= 15 is 0 Å². The molecule has 0 radical (unpaired) electrons. The van der Waals surface area contributed by atoms with Gasteiger partial charge < -0.3 is 19.9 Å². The monoisotopic (exact) mass is 311 g/mol. The first kappa shape index (κ1) is 16.6. The van der Waals surface area contributed by atoms with Crippen molar-refractivity contribution in [1.29, 1.82) is 0 Å². The summed E-state index contributed by atoms with van der Waals surface area (Å²) >= 11 is 6.21. The number of nitrogens with one attached hydrogen (secondary N) is 1. The maximum Gasteiger partial charge on any atom is 0.0587 e. The lowest BCUT2D eigenvalue weighted by molar-refractivity contribution is 0.199. The Hall–Kier alpha value is -0.810. The number of anilines is 1. The average molecular weight is 312 g/mol. The number of halogens is 1. The van der Waals surface area contributed by atoms with Gasteiger partial charge in [-0.3, -0.25) is 0 Å². The molecule has 2 rings (SSSR count). The first-order valence-corrected chi connectivity index (χ1v) is 8.00. The predicted octanol–water partition coefficient (Wildman–Crippen LogP) is 2.22. The molecule has 0 aliphatic carbocycles. The third kappa shape index (κ3) is 5.15. The van der Waals surface area contributed by atoms with Crippen LogP contribution in [0.5, 0.6) is 0 Å². The Morgan fingerprint density at radius 2 is 2.10 bits per heavy atom. The van der Waals surface area contributed by atoms with Crippen molar-refractivity contribution >= 4 is 17.3 Å². The van der Waals surface area contributed by atoms with Gasteiger partial charge >= 0.3 is 0 Å². The molecule has 1 heterocycles. The van der Waals surface area contributed by atoms with Gasteiger partial charge in [-0.25, -0.2) is 0 Å². The lowest BCUT2D eigenvalue weighted by Crippen LogP contribution is -2.30. The van der Waals surface area contributed by atoms with Gasteiger partial charge in [-0.15, -0.1) is 0 Å². The SMILES string of the molecule is COCCNCc1ccc(Cl)cc1N1CCCN(C)CC1. The maximum atomic E-state index is 6.21. The van der Waals surface area contributed by atoms with Gasteiger partial charge in [-0.1, -0.05) is 17.7 Å². The van der Waals surface area contributed by atoms with Crippen LogP contribution in [0.1, 0.15) is 12.0 Å². The molecule has 21 heavy (non-hydrogen) atoms. The van der Waals surface area contributed by atoms with Crippen LogP contribution in [-0.2, 0) is 11.3 Å². The molecule has 0 saturated carbocycles. The van der Waals surface area contributed by atoms with Gasteiger partial charge in [0, 0.05) is 50.5 Å². The highest BCUT2D eigenvalue weighted by atomic mass is 35.5. The fourth-order valence-corrected chi connectivity index (χ4v) is 2.83. The number of ether oxygens (including phenoxy) is 1. The smallest absolute Gasteiger partial charge is 0.0587 e. The molecule has 1 N–H and O–H groups in total. The highest BCUT2D eigenvalue weighted by Gasteiger charge is 2.15. The lowest BCUT2D eigenvalue weighted by atomic mass is 10.1. The van der Waals surface area contributed by atoms with Crippen molar-refractivity contribution in [1.82, 2.24) is 10.2 Å². The Balaban J connectivity index is 2.06. The quantitative estimate of drug-likeness (QED) is 0.815. The number of likely N-dealkylation sites (N-methyl/N-ethyl adjacent to an activating group) is 1. The van der Waals surface area contributed by atoms with Crippen molar-refractivity contribution in [2.24, 2.45) is 0 Å². The summed E-state index contributed by atoms with van der Waals surface area (Å²) in [4.78, 5) is 4.85. The fraction of sp³-hybridized carbons (Fsp3) is 0.625. The predicted molar refractivity (Wildman–Crippen MR) is 89.4 cm³/mol. The van der Waals surface area contributed by atoms with Gasteiger partial charge in [0.1, 0.15) is 0 Å². The summed E-state index contributed by atoms with van der Waals surface area (Å²) in [5.41, 5.74) is 2.57. The minimum Gasteiger partial charge on any atom is -0.383 e. The van der Waals surface area contributed by atoms with E-state index in [0.29, 0.717) is 0 Å². The van der Waals surface area contributed by atoms with Crippen LogP contribution in [0.25, 0.3) is 0 Å². The molecule has 1 aromatic rings. The third-order valence-corrected chi connectivity index (χ3v) is 4.14. The summed E-state index contributed by atoms with van der Waals surface area (Å²) < 4.78 is 5.07. The molecule has 1 aliphatic heterocycles. The molecule has 0 spiro atoms. The standard InChI is InChI=1S/C16H26ClN3O/c1-19-7-3-8-20(10-9-19)16-12-15(17)5-4-14(16)13-18-6-11-21-2/h4-5,12,18H,3,6-11,13H2,1-2H3. The van der Waals surface area contributed by atoms with Crippen LogP contribution in [0.4, 0.5) is 5.69 Å². The molecule has 1 aromatic carbocycles. The first-order chi connectivity index (χ1) is 10.2. The molecule has 0 unspecified atom stereocenters. The van der Waals surface area contributed by atoms with E-state index in [1.165, 1.54) is 24.2 Å². The van der Waals surface area contributed by atoms with E-state index in [4.69, 9.17) is 16.3 Å². The van der Waals surface area contributed by atoms with E-state index in [0.717, 1.165) is 44.4 Å². The Morgan fingerprint density at radius 1 is 1.24 bits per heavy atom. The molecule has 0 amide bonds. The van der Waals surface area contributed by atoms with E-state index in [9.17, 15) is 0 Å². The van der Waals surface area contributed by atoms with Crippen LogP contribution in [0.2, 0.25) is 5.02 Å². The summed E-state index contributed by atoms with van der Waals surface area (Å²) in [6.45, 7) is 6.86. The first-order valence-electron chi connectivity index (χ1n) is 7.62. The van der Waals surface area contributed by atoms with Crippen LogP contribution in [0.3, 0.4) is 0 Å². The minimum atomic E-state index is 0.734. The Labute approximate surface area is 133 Å². The molecule has 118 valence electrons. The molecule has 1 saturated heterocycles. The number of hydrogen-bond donors (Lipinski definition) is 1. The van der Waals surface area contributed by atoms with Crippen molar-refractivity contribution in [2.75, 3.05) is 58.4 Å². The average Bonchev–Trinajstić information content (AvgIpc) is 2.69. The van der Waals surface area contributed by atoms with Crippen molar-refractivity contribution in [3.8, 4) is 0 Å². The van der Waals surface area contributed by atoms with Crippen LogP contribution in [-0.4, -0.2) is 58.4 Å². The van der Waals surface area contributed by atoms with Gasteiger partial charge in [0.15, 0.2) is 0 Å². The van der Waals surface area contributed by atoms with Gasteiger partial charge in [0.2, 0.25) is 0 Å². The molecular formula is C16H26ClN3O. The van der Waals surface area contributed by atoms with Crippen LogP contribution in [0.15, 0.2) is 18.2 Å². The Kier molecular flexibility index (Phi) is 6.77. The minimum absolute atomic E-state index is 0.734. The number of nitrogens with zero attached hydrogens (tertiary/aromatic N) is 2. The summed E-state index contributed by atoms with van der Waals surface area (Å²) in [5, 5.41) is 4.23. The Morgan fingerprint density at radius 3 is 2.90 bits per heavy atom. The normalized spacial score (nSPS) is 17.0. The van der Waals surface area contributed by atoms with Crippen molar-refractivity contribution in [3.05, 3.63) is 28.8 Å². The second-order valence-corrected chi connectivity index (χ2v) is 6.02. The van der Waals surface area contributed by atoms with E-state index in [2.05, 4.69) is 34.3 Å². The van der Waals surface area contributed by atoms with Crippen molar-refractivity contribution < 1.29 is 4.74 Å². The number of rotatable bonds is 6. The van der Waals surface area contributed by atoms with E-state index in [1.807, 2.05) is 6.07 Å². The van der Waals surface area contributed by atoms with Crippen molar-refractivity contribution in [2.45, 2.75) is 13.0 Å². The topological polar surface area (TPSA) is 27.7 Å². The molecule has 1 aliphatic rings. The maximum absolute atomic E-state index is 6.21. The third-order valence-electron chi connectivity index (χ3n) is 3.91. The van der Waals surface area contributed by atoms with E-state index in [-0.39, 0.29) is 0 Å². The van der Waals surface area contributed by atoms with Crippen molar-refractivity contribution in [3.63, 3.8) is 0 Å². The fourth-order valence-electron chi connectivity index (χ4n) is 2.67. The zero-order valence-electron chi connectivity index (χ0n) is 13.1. The van der Waals surface area contributed by atoms with Gasteiger partial charge in [-0.2, -0.15) is 0 Å². The summed E-state index contributed by atoms with van der Waals surface area (Å²) in [6, 6.07) is 6.20. The molecule has 1 fully saturated rings. The van der Waals surface area contributed by atoms with Crippen LogP contribution >= 0.6 is 11.6 Å². The number of methoxy groups -OCH3 is 1. The molecule has 0 bridgehead atoms. The number of benzene rings is 1. The van der Waals surface area contributed by atoms with Gasteiger partial charge in [0.25, 0.3) is 0 Å². The zero-order valence-corrected chi connectivity index (χ0v) is 13.8. The highest BCUT2D eigenvalue weighted by molar-refractivity contribution is 6.30. The second kappa shape index (κ2) is 8.59. The molecular weight excluding hydrogens is 286 g/mol. The zero-order chi connectivity index (χ0) is 15.1. The second-order valence-electron chi connectivity index (χ2n) is 5.59. The largest absolute Gasteiger partial charge is 0.383 e. The van der Waals surface area contributed by atoms with E-state index < -0.39 is 0 Å². The molecule has 4 nitrogen and oxygen atoms in total. The molecule has 5 heteroatoms. The highest BCUT2D eigenvalue weighted by Crippen LogP contribution is 2.26. The van der Waals surface area contributed by atoms with Crippen LogP contribution < -0.4 is 10.2 Å².